The minimum Gasteiger partial charge on any atom is -0.455 e. The molecule has 0 saturated carbocycles. The molecule has 0 unspecified atom stereocenters. The van der Waals surface area contributed by atoms with Crippen molar-refractivity contribution < 1.29 is 4.74 Å². The second kappa shape index (κ2) is 15.6. The molecule has 2 nitrogen and oxygen atoms in total. The zero-order valence-corrected chi connectivity index (χ0v) is 36.4. The summed E-state index contributed by atoms with van der Waals surface area (Å²) in [6, 6.07) is 85.7. The summed E-state index contributed by atoms with van der Waals surface area (Å²) in [5.74, 6) is 1.67. The third-order valence-electron chi connectivity index (χ3n) is 13.5. The fraction of sp³-hybridized carbons (Fsp3) is 0.0476. The van der Waals surface area contributed by atoms with Gasteiger partial charge in [0.25, 0.3) is 0 Å². The Morgan fingerprint density at radius 1 is 0.292 bits per heavy atom. The molecule has 10 aromatic carbocycles. The van der Waals surface area contributed by atoms with Crippen LogP contribution in [0.2, 0.25) is 0 Å². The van der Waals surface area contributed by atoms with Gasteiger partial charge in [-0.15, -0.1) is 0 Å². The number of hydrogen-bond acceptors (Lipinski definition) is 2. The van der Waals surface area contributed by atoms with Gasteiger partial charge in [-0.05, 0) is 121 Å². The normalized spacial score (nSPS) is 12.7. The van der Waals surface area contributed by atoms with Gasteiger partial charge < -0.3 is 9.64 Å². The maximum atomic E-state index is 7.26. The first kappa shape index (κ1) is 38.5. The summed E-state index contributed by atoms with van der Waals surface area (Å²) in [4.78, 5) is 2.42. The van der Waals surface area contributed by atoms with Gasteiger partial charge in [0.05, 0.1) is 0 Å². The summed E-state index contributed by atoms with van der Waals surface area (Å²) in [7, 11) is 0. The predicted octanol–water partition coefficient (Wildman–Crippen LogP) is 17.6. The maximum absolute atomic E-state index is 7.26. The average molecular weight is 832 g/mol. The Morgan fingerprint density at radius 2 is 0.785 bits per heavy atom. The zero-order chi connectivity index (χ0) is 43.5. The van der Waals surface area contributed by atoms with Crippen molar-refractivity contribution in [1.82, 2.24) is 0 Å². The number of nitrogens with zero attached hydrogens (tertiary/aromatic N) is 1. The maximum Gasteiger partial charge on any atom is 0.143 e. The van der Waals surface area contributed by atoms with E-state index in [1.807, 2.05) is 0 Å². The molecule has 0 atom stereocenters. The highest BCUT2D eigenvalue weighted by atomic mass is 16.5. The van der Waals surface area contributed by atoms with E-state index in [9.17, 15) is 0 Å². The van der Waals surface area contributed by atoms with Gasteiger partial charge in [-0.25, -0.2) is 0 Å². The number of para-hydroxylation sites is 1. The van der Waals surface area contributed by atoms with E-state index >= 15 is 0 Å². The van der Waals surface area contributed by atoms with Gasteiger partial charge in [-0.1, -0.05) is 202 Å². The third kappa shape index (κ3) is 6.65. The van der Waals surface area contributed by atoms with Crippen LogP contribution in [-0.4, -0.2) is 0 Å². The van der Waals surface area contributed by atoms with E-state index in [2.05, 4.69) is 255 Å². The molecule has 10 aromatic rings. The average Bonchev–Trinajstić information content (AvgIpc) is 3.50. The molecular weight excluding hydrogens is 787 g/mol. The molecule has 0 bridgehead atoms. The molecule has 2 heteroatoms. The fourth-order valence-electron chi connectivity index (χ4n) is 10.2. The van der Waals surface area contributed by atoms with Crippen molar-refractivity contribution in [1.29, 1.82) is 0 Å². The van der Waals surface area contributed by atoms with E-state index in [1.165, 1.54) is 50.1 Å². The lowest BCUT2D eigenvalue weighted by atomic mass is 9.82. The molecule has 0 aromatic heterocycles. The Hall–Kier alpha value is -8.20. The molecule has 1 aliphatic heterocycles. The van der Waals surface area contributed by atoms with Crippen LogP contribution in [0.3, 0.4) is 0 Å². The Labute approximate surface area is 381 Å². The van der Waals surface area contributed by atoms with Gasteiger partial charge in [-0.3, -0.25) is 0 Å². The van der Waals surface area contributed by atoms with E-state index in [0.717, 1.165) is 67.5 Å². The van der Waals surface area contributed by atoms with Gasteiger partial charge in [0.1, 0.15) is 11.5 Å². The molecule has 0 saturated heterocycles. The molecule has 0 N–H and O–H groups in total. The summed E-state index contributed by atoms with van der Waals surface area (Å²) in [5, 5.41) is 0. The van der Waals surface area contributed by atoms with E-state index in [0.29, 0.717) is 0 Å². The van der Waals surface area contributed by atoms with Gasteiger partial charge in [0.15, 0.2) is 0 Å². The quantitative estimate of drug-likeness (QED) is 0.159. The van der Waals surface area contributed by atoms with Crippen LogP contribution in [0.5, 0.6) is 11.5 Å². The Kier molecular flexibility index (Phi) is 9.21. The van der Waals surface area contributed by atoms with Crippen molar-refractivity contribution in [2.75, 3.05) is 4.90 Å². The monoisotopic (exact) mass is 831 g/mol. The summed E-state index contributed by atoms with van der Waals surface area (Å²) < 4.78 is 7.26. The minimum absolute atomic E-state index is 0.151. The van der Waals surface area contributed by atoms with Crippen molar-refractivity contribution in [2.45, 2.75) is 19.3 Å². The molecule has 0 amide bonds. The number of benzene rings is 10. The summed E-state index contributed by atoms with van der Waals surface area (Å²) >= 11 is 0. The largest absolute Gasteiger partial charge is 0.455 e. The first-order valence-electron chi connectivity index (χ1n) is 22.5. The van der Waals surface area contributed by atoms with Crippen molar-refractivity contribution in [3.05, 3.63) is 248 Å². The van der Waals surface area contributed by atoms with Crippen molar-refractivity contribution >= 4 is 17.1 Å². The highest BCUT2D eigenvalue weighted by Crippen LogP contribution is 2.54. The predicted molar refractivity (Wildman–Crippen MR) is 271 cm³/mol. The Morgan fingerprint density at radius 3 is 1.52 bits per heavy atom. The molecule has 0 radical (unpaired) electrons. The molecule has 12 rings (SSSR count). The lowest BCUT2D eigenvalue weighted by molar-refractivity contribution is 0.489. The van der Waals surface area contributed by atoms with Crippen LogP contribution in [0.25, 0.3) is 77.9 Å². The summed E-state index contributed by atoms with van der Waals surface area (Å²) in [5.41, 5.74) is 22.0. The highest BCUT2D eigenvalue weighted by Gasteiger charge is 2.36. The van der Waals surface area contributed by atoms with Crippen LogP contribution in [0.1, 0.15) is 25.0 Å². The third-order valence-corrected chi connectivity index (χ3v) is 13.5. The summed E-state index contributed by atoms with van der Waals surface area (Å²) in [6.07, 6.45) is 0. The number of ether oxygens (including phenoxy) is 1. The minimum atomic E-state index is -0.151. The molecule has 0 spiro atoms. The van der Waals surface area contributed by atoms with Crippen LogP contribution >= 0.6 is 0 Å². The van der Waals surface area contributed by atoms with Crippen LogP contribution in [-0.2, 0) is 5.41 Å². The van der Waals surface area contributed by atoms with E-state index in [-0.39, 0.29) is 5.41 Å². The molecule has 2 aliphatic rings. The summed E-state index contributed by atoms with van der Waals surface area (Å²) in [6.45, 7) is 4.71. The number of fused-ring (bicyclic) bond motifs is 8. The molecule has 65 heavy (non-hydrogen) atoms. The second-order valence-corrected chi connectivity index (χ2v) is 17.7. The van der Waals surface area contributed by atoms with E-state index < -0.39 is 0 Å². The SMILES string of the molecule is CC1(C)c2ccccc2-c2ccc(N(c3cccc(-c4ccccc4)c3)c3ccc4c(c3)-c3ccc(-c5ccccc5)cc3-c3cccc(-c5ccc(-c6ccccc6)cc5)c3O4)cc21. The van der Waals surface area contributed by atoms with Gasteiger partial charge in [-0.2, -0.15) is 0 Å². The Balaban J connectivity index is 1.04. The van der Waals surface area contributed by atoms with Crippen molar-refractivity contribution in [3.63, 3.8) is 0 Å². The van der Waals surface area contributed by atoms with Gasteiger partial charge >= 0.3 is 0 Å². The molecule has 1 aliphatic carbocycles. The zero-order valence-electron chi connectivity index (χ0n) is 36.4. The van der Waals surface area contributed by atoms with Gasteiger partial charge in [0.2, 0.25) is 0 Å². The number of hydrogen-bond donors (Lipinski definition) is 0. The first-order chi connectivity index (χ1) is 32.0. The smallest absolute Gasteiger partial charge is 0.143 e. The topological polar surface area (TPSA) is 12.5 Å². The van der Waals surface area contributed by atoms with Gasteiger partial charge in [0, 0.05) is 39.2 Å². The fourth-order valence-corrected chi connectivity index (χ4v) is 10.2. The molecule has 0 fully saturated rings. The number of rotatable bonds is 7. The lowest BCUT2D eigenvalue weighted by Crippen LogP contribution is -2.16. The van der Waals surface area contributed by atoms with Crippen LogP contribution in [0.15, 0.2) is 237 Å². The first-order valence-corrected chi connectivity index (χ1v) is 22.5. The van der Waals surface area contributed by atoms with Crippen molar-refractivity contribution in [3.8, 4) is 89.4 Å². The second-order valence-electron chi connectivity index (χ2n) is 17.7. The number of anilines is 3. The van der Waals surface area contributed by atoms with Crippen LogP contribution < -0.4 is 9.64 Å². The lowest BCUT2D eigenvalue weighted by Gasteiger charge is -2.29. The Bertz CT molecular complexity index is 3410. The molecule has 308 valence electrons. The highest BCUT2D eigenvalue weighted by molar-refractivity contribution is 5.98. The van der Waals surface area contributed by atoms with Crippen LogP contribution in [0, 0.1) is 0 Å². The molecular formula is C63H45NO. The standard InChI is InChI=1S/C63H45NO/c1-63(2)59-27-13-12-24-54(59)55-36-33-51(41-60(55)63)64(49-23-14-22-47(38-49)43-18-8-4-9-19-43)50-34-37-61-58(40-50)53-35-32-48(44-20-10-5-11-21-44)39-57(53)56-26-15-25-52(62(56)65-61)46-30-28-45(29-31-46)42-16-6-3-7-17-42/h3-41H,1-2H3. The van der Waals surface area contributed by atoms with Crippen molar-refractivity contribution in [2.24, 2.45) is 0 Å². The molecule has 1 heterocycles. The van der Waals surface area contributed by atoms with E-state index in [4.69, 9.17) is 4.74 Å². The van der Waals surface area contributed by atoms with E-state index in [1.54, 1.807) is 0 Å². The van der Waals surface area contributed by atoms with Crippen LogP contribution in [0.4, 0.5) is 17.1 Å².